The van der Waals surface area contributed by atoms with E-state index in [2.05, 4.69) is 28.8 Å². The second kappa shape index (κ2) is 14.4. The normalized spacial score (nSPS) is 14.4. The van der Waals surface area contributed by atoms with Gasteiger partial charge in [-0.15, -0.1) is 0 Å². The highest BCUT2D eigenvalue weighted by Crippen LogP contribution is 2.40. The number of nitrogens with zero attached hydrogens (tertiary/aromatic N) is 1. The van der Waals surface area contributed by atoms with E-state index in [9.17, 15) is 0 Å². The van der Waals surface area contributed by atoms with Crippen LogP contribution >= 0.6 is 0 Å². The molecule has 0 fully saturated rings. The summed E-state index contributed by atoms with van der Waals surface area (Å²) in [5, 5.41) is 2.10. The van der Waals surface area contributed by atoms with Crippen molar-refractivity contribution in [2.75, 3.05) is 0 Å². The summed E-state index contributed by atoms with van der Waals surface area (Å²) in [7, 11) is -7.59. The van der Waals surface area contributed by atoms with Gasteiger partial charge in [-0.1, -0.05) is 84.9 Å². The van der Waals surface area contributed by atoms with Gasteiger partial charge in [-0.2, -0.15) is 0 Å². The molecule has 1 aromatic heterocycles. The number of rotatable bonds is 12. The van der Waals surface area contributed by atoms with Crippen LogP contribution in [0.1, 0.15) is 0 Å². The fourth-order valence-electron chi connectivity index (χ4n) is 7.34. The van der Waals surface area contributed by atoms with Gasteiger partial charge < -0.3 is 60.1 Å². The number of para-hydroxylation sites is 10. The molecule has 0 bridgehead atoms. The number of aromatic nitrogens is 1. The Labute approximate surface area is 328 Å². The van der Waals surface area contributed by atoms with Gasteiger partial charge in [0.2, 0.25) is 0 Å². The first-order valence-corrected chi connectivity index (χ1v) is 18.5. The predicted molar refractivity (Wildman–Crippen MR) is 213 cm³/mol. The molecule has 0 amide bonds. The zero-order valence-electron chi connectivity index (χ0n) is 30.0. The van der Waals surface area contributed by atoms with Crippen LogP contribution in [0, 0.1) is 0 Å². The van der Waals surface area contributed by atoms with Crippen LogP contribution in [0.3, 0.4) is 0 Å². The summed E-state index contributed by atoms with van der Waals surface area (Å²) < 4.78 is 77.8. The monoisotopic (exact) mass is 755 g/mol. The molecule has 4 aliphatic rings. The molecule has 274 valence electrons. The molecule has 7 aromatic rings. The maximum Gasteiger partial charge on any atom is 0.774 e. The molecule has 0 spiro atoms. The number of hydrogen-bond donors (Lipinski definition) is 0. The zero-order valence-corrected chi connectivity index (χ0v) is 30.0. The van der Waals surface area contributed by atoms with Gasteiger partial charge >= 0.3 is 43.5 Å². The van der Waals surface area contributed by atoms with Crippen LogP contribution in [0.2, 0.25) is 5.72 Å². The maximum atomic E-state index is 6.66. The highest BCUT2D eigenvalue weighted by molar-refractivity contribution is 6.78. The van der Waals surface area contributed by atoms with Crippen molar-refractivity contribution in [2.24, 2.45) is 0 Å². The van der Waals surface area contributed by atoms with E-state index in [1.807, 2.05) is 72.8 Å². The van der Waals surface area contributed by atoms with Crippen LogP contribution in [0.4, 0.5) is 0 Å². The lowest BCUT2D eigenvalue weighted by molar-refractivity contribution is 0.254. The summed E-state index contributed by atoms with van der Waals surface area (Å²) in [5.74, 6) is 4.01. The summed E-state index contributed by atoms with van der Waals surface area (Å²) in [4.78, 5) is 0. The van der Waals surface area contributed by atoms with Crippen molar-refractivity contribution in [1.29, 1.82) is 0 Å². The number of hydrogen-bond acceptors (Lipinski definition) is 12. The van der Waals surface area contributed by atoms with Gasteiger partial charge in [0.15, 0.2) is 0 Å². The Bertz CT molecular complexity index is 2220. The third-order valence-electron chi connectivity index (χ3n) is 9.94. The average Bonchev–Trinajstić information content (AvgIpc) is 4.07. The fraction of sp³-hybridized carbons (Fsp3) is 0.0526. The Morgan fingerprint density at radius 2 is 0.614 bits per heavy atom. The Morgan fingerprint density at radius 3 is 0.895 bits per heavy atom. The molecule has 13 nitrogen and oxygen atoms in total. The molecule has 19 heteroatoms. The lowest BCUT2D eigenvalue weighted by Gasteiger charge is -2.29. The molecule has 0 radical (unpaired) electrons. The van der Waals surface area contributed by atoms with Gasteiger partial charge in [0.05, 0.1) is 0 Å². The maximum absolute atomic E-state index is 6.66. The van der Waals surface area contributed by atoms with Crippen LogP contribution in [0.25, 0.3) is 21.8 Å². The Balaban J connectivity index is 1.01. The molecule has 0 saturated heterocycles. The second-order valence-corrected chi connectivity index (χ2v) is 13.5. The lowest BCUT2D eigenvalue weighted by atomic mass is 9.49. The van der Waals surface area contributed by atoms with Crippen molar-refractivity contribution in [3.8, 4) is 46.0 Å². The van der Waals surface area contributed by atoms with Gasteiger partial charge in [0.25, 0.3) is 0 Å². The summed E-state index contributed by atoms with van der Waals surface area (Å²) in [5.41, 5.74) is 0.969. The zero-order chi connectivity index (χ0) is 37.7. The Morgan fingerprint density at radius 1 is 0.368 bits per heavy atom. The molecular weight excluding hydrogens is 727 g/mol. The third kappa shape index (κ3) is 6.53. The molecule has 57 heavy (non-hydrogen) atoms. The van der Waals surface area contributed by atoms with Crippen molar-refractivity contribution < 1.29 is 55.5 Å². The number of fused-ring (bicyclic) bond motifs is 7. The van der Waals surface area contributed by atoms with Crippen LogP contribution in [0.5, 0.6) is 46.0 Å². The summed E-state index contributed by atoms with van der Waals surface area (Å²) in [6.45, 7) is 0.169. The van der Waals surface area contributed by atoms with E-state index in [0.29, 0.717) is 46.0 Å². The SMILES string of the molecule is c1ccc2c(c1)OB(OB(OB1Oc3ccccc3O1)C(Cn1c3ccccc3c3ccccc31)B(OB1Oc3ccccc3O1)OB1Oc3ccccc3O1)O2. The Hall–Kier alpha value is -6.25. The second-order valence-electron chi connectivity index (χ2n) is 13.5. The van der Waals surface area contributed by atoms with Crippen molar-refractivity contribution in [1.82, 2.24) is 4.57 Å². The van der Waals surface area contributed by atoms with E-state index in [4.69, 9.17) is 55.5 Å². The first kappa shape index (κ1) is 34.0. The highest BCUT2D eigenvalue weighted by Gasteiger charge is 2.57. The fourth-order valence-corrected chi connectivity index (χ4v) is 7.34. The topological polar surface area (TPSA) is 116 Å². The lowest BCUT2D eigenvalue weighted by Crippen LogP contribution is -2.55. The van der Waals surface area contributed by atoms with Gasteiger partial charge in [0, 0.05) is 34.1 Å². The molecule has 5 heterocycles. The van der Waals surface area contributed by atoms with Gasteiger partial charge in [-0.25, -0.2) is 0 Å². The molecule has 11 rings (SSSR count). The summed E-state index contributed by atoms with van der Waals surface area (Å²) >= 11 is 0. The quantitative estimate of drug-likeness (QED) is 0.126. The number of benzene rings is 6. The van der Waals surface area contributed by atoms with E-state index in [1.165, 1.54) is 0 Å². The van der Waals surface area contributed by atoms with E-state index in [0.717, 1.165) is 21.8 Å². The first-order valence-electron chi connectivity index (χ1n) is 18.5. The van der Waals surface area contributed by atoms with Crippen molar-refractivity contribution in [3.63, 3.8) is 0 Å². The predicted octanol–water partition coefficient (Wildman–Crippen LogP) is 6.57. The van der Waals surface area contributed by atoms with E-state index in [1.54, 1.807) is 48.5 Å². The van der Waals surface area contributed by atoms with Gasteiger partial charge in [0.1, 0.15) is 46.0 Å². The van der Waals surface area contributed by atoms with Gasteiger partial charge in [-0.05, 0) is 60.7 Å². The smallest absolute Gasteiger partial charge is 0.498 e. The minimum Gasteiger partial charge on any atom is -0.498 e. The minimum absolute atomic E-state index is 0.169. The van der Waals surface area contributed by atoms with Gasteiger partial charge in [-0.3, -0.25) is 0 Å². The minimum atomic E-state index is -1.30. The molecule has 0 saturated carbocycles. The summed E-state index contributed by atoms with van der Waals surface area (Å²) in [6, 6.07) is 45.4. The van der Waals surface area contributed by atoms with E-state index < -0.39 is 49.2 Å². The van der Waals surface area contributed by atoms with E-state index >= 15 is 0 Å². The third-order valence-corrected chi connectivity index (χ3v) is 9.94. The van der Waals surface area contributed by atoms with Crippen LogP contribution < -0.4 is 37.2 Å². The molecule has 0 aliphatic carbocycles. The van der Waals surface area contributed by atoms with Crippen molar-refractivity contribution >= 4 is 65.3 Å². The largest absolute Gasteiger partial charge is 0.774 e. The van der Waals surface area contributed by atoms with Crippen molar-refractivity contribution in [2.45, 2.75) is 12.3 Å². The highest BCUT2D eigenvalue weighted by atomic mass is 16.8. The molecule has 6 aromatic carbocycles. The van der Waals surface area contributed by atoms with Crippen LogP contribution in [-0.2, 0) is 24.8 Å². The van der Waals surface area contributed by atoms with Crippen LogP contribution in [0.15, 0.2) is 146 Å². The molecule has 0 unspecified atom stereocenters. The van der Waals surface area contributed by atoms with Crippen molar-refractivity contribution in [3.05, 3.63) is 146 Å². The standard InChI is InChI=1S/C38H27B6NO12/c1-3-15-28-26(13-1)27-14-2-4-16-29(27)45(28)25-38(39(54-41-46-30-17-5-6-18-31(30)47-41)55-42-48-32-19-7-8-20-33(32)49-42)40(56-43-50-34-21-9-10-22-35(34)51-43)57-44-52-36-23-11-12-24-37(36)53-44/h1-24,38H,25H2. The molecule has 0 atom stereocenters. The first-order chi connectivity index (χ1) is 28.2. The average molecular weight is 755 g/mol. The molecule has 0 N–H and O–H groups in total. The van der Waals surface area contributed by atoms with E-state index in [-0.39, 0.29) is 6.54 Å². The summed E-state index contributed by atoms with van der Waals surface area (Å²) in [6.07, 6.45) is 0. The molecule has 4 aliphatic heterocycles. The van der Waals surface area contributed by atoms with Crippen LogP contribution in [-0.4, -0.2) is 48.1 Å². The molecular formula is C38H27B6NO12. The Kier molecular flexibility index (Phi) is 8.57.